The number of phosphoric acid groups is 1. The second-order valence-corrected chi connectivity index (χ2v) is 16.9. The standard InChI is InChI=1S/C29H49O12PS/c1-15(2)17(4)22-12-16(3)23-26(39-22)27(40-42(33,34)38-7)24-18(13-30)19(8-10-29(23,24)6)28(5)11-9-21(41-43(35,36)37)25(32)20(28)14-31/h13-27,32H,8-12H2,1-7H3,(H,33,34)(H,35,36,37)/t16-,17+,18-,19+,20+,21-,22-,23+,24-,25-,26+,27+,28-,29-/m1/s1. The first kappa shape index (κ1) is 35.1. The highest BCUT2D eigenvalue weighted by Gasteiger charge is 2.69. The summed E-state index contributed by atoms with van der Waals surface area (Å²) in [5.74, 6) is -2.18. The van der Waals surface area contributed by atoms with Crippen molar-refractivity contribution in [3.05, 3.63) is 0 Å². The van der Waals surface area contributed by atoms with Gasteiger partial charge in [-0.15, -0.1) is 0 Å². The Balaban J connectivity index is 1.76. The molecule has 12 nitrogen and oxygen atoms in total. The van der Waals surface area contributed by atoms with Crippen LogP contribution in [0.2, 0.25) is 0 Å². The van der Waals surface area contributed by atoms with Gasteiger partial charge in [-0.25, -0.2) is 8.75 Å². The third-order valence-electron chi connectivity index (χ3n) is 12.0. The van der Waals surface area contributed by atoms with E-state index in [0.717, 1.165) is 19.8 Å². The number of aliphatic hydroxyl groups is 1. The number of phosphoric ester groups is 1. The van der Waals surface area contributed by atoms with Crippen LogP contribution in [-0.2, 0) is 42.5 Å². The first-order valence-electron chi connectivity index (χ1n) is 15.3. The van der Waals surface area contributed by atoms with Crippen LogP contribution < -0.4 is 0 Å². The highest BCUT2D eigenvalue weighted by atomic mass is 32.3. The van der Waals surface area contributed by atoms with Crippen molar-refractivity contribution in [2.45, 2.75) is 104 Å². The molecule has 14 heteroatoms. The Morgan fingerprint density at radius 1 is 1.05 bits per heavy atom. The monoisotopic (exact) mass is 652 g/mol. The summed E-state index contributed by atoms with van der Waals surface area (Å²) in [4.78, 5) is 36.2. The maximum Gasteiger partial charge on any atom is 0.472 e. The Kier molecular flexibility index (Phi) is 10.2. The largest absolute Gasteiger partial charge is 0.472 e. The van der Waals surface area contributed by atoms with Gasteiger partial charge in [0, 0.05) is 24.9 Å². The van der Waals surface area contributed by atoms with E-state index in [4.69, 9.17) is 13.8 Å². The fourth-order valence-electron chi connectivity index (χ4n) is 9.57. The van der Waals surface area contributed by atoms with E-state index in [1.165, 1.54) is 0 Å². The summed E-state index contributed by atoms with van der Waals surface area (Å²) in [6, 6.07) is 0. The van der Waals surface area contributed by atoms with Crippen LogP contribution in [0.1, 0.15) is 73.6 Å². The molecule has 3 N–H and O–H groups in total. The number of hydrogen-bond donors (Lipinski definition) is 3. The van der Waals surface area contributed by atoms with Crippen LogP contribution in [0.4, 0.5) is 0 Å². The summed E-state index contributed by atoms with van der Waals surface area (Å²) >= 11 is 0. The number of aldehydes is 2. The molecule has 15 atom stereocenters. The van der Waals surface area contributed by atoms with Gasteiger partial charge in [-0.3, -0.25) is 13.6 Å². The van der Waals surface area contributed by atoms with Crippen molar-refractivity contribution < 1.29 is 55.1 Å². The van der Waals surface area contributed by atoms with Crippen molar-refractivity contribution in [3.63, 3.8) is 0 Å². The molecule has 4 fully saturated rings. The fraction of sp³-hybridized carbons (Fsp3) is 0.931. The SMILES string of the molecule is COP(=O)(O)O[C@@H]1[C@H]2O[C@@H]([C@@H](C)C(C)C)C[C@@H](C)[C@@H]2[C@@]2(C)CC[C@H]([C@@]3(C)CC[C@@H](OS(=O)(=O)O)[C@H](O)[C@@H]3C=O)[C@@H](C=O)[C@H]12. The van der Waals surface area contributed by atoms with Gasteiger partial charge in [-0.2, -0.15) is 8.42 Å². The van der Waals surface area contributed by atoms with Crippen molar-refractivity contribution in [3.8, 4) is 0 Å². The van der Waals surface area contributed by atoms with Crippen LogP contribution in [0, 0.1) is 58.2 Å². The highest BCUT2D eigenvalue weighted by Crippen LogP contribution is 2.68. The number of carbonyl (C=O) groups excluding carboxylic acids is 2. The van der Waals surface area contributed by atoms with Crippen LogP contribution in [-0.4, -0.2) is 73.2 Å². The van der Waals surface area contributed by atoms with E-state index in [2.05, 4.69) is 38.8 Å². The molecule has 1 unspecified atom stereocenters. The maximum absolute atomic E-state index is 13.2. The van der Waals surface area contributed by atoms with Gasteiger partial charge in [0.05, 0.1) is 24.4 Å². The van der Waals surface area contributed by atoms with Crippen LogP contribution in [0.15, 0.2) is 0 Å². The quantitative estimate of drug-likeness (QED) is 0.176. The van der Waals surface area contributed by atoms with Crippen molar-refractivity contribution in [1.29, 1.82) is 0 Å². The molecule has 1 aliphatic heterocycles. The van der Waals surface area contributed by atoms with Gasteiger partial charge in [0.15, 0.2) is 0 Å². The van der Waals surface area contributed by atoms with Gasteiger partial charge in [0.2, 0.25) is 0 Å². The van der Waals surface area contributed by atoms with E-state index in [1.54, 1.807) is 0 Å². The molecule has 1 heterocycles. The predicted molar refractivity (Wildman–Crippen MR) is 155 cm³/mol. The first-order valence-corrected chi connectivity index (χ1v) is 18.2. The minimum absolute atomic E-state index is 0.0292. The fourth-order valence-corrected chi connectivity index (χ4v) is 10.7. The smallest absolute Gasteiger partial charge is 0.390 e. The molecular formula is C29H49O12PS. The molecule has 43 heavy (non-hydrogen) atoms. The van der Waals surface area contributed by atoms with Gasteiger partial charge in [-0.05, 0) is 72.5 Å². The molecule has 3 aliphatic carbocycles. The van der Waals surface area contributed by atoms with Gasteiger partial charge in [0.1, 0.15) is 18.7 Å². The Labute approximate surface area is 255 Å². The molecule has 0 spiro atoms. The van der Waals surface area contributed by atoms with E-state index in [1.807, 2.05) is 6.92 Å². The molecule has 0 bridgehead atoms. The van der Waals surface area contributed by atoms with Gasteiger partial charge in [0.25, 0.3) is 0 Å². The normalized spacial score (nSPS) is 47.3. The number of fused-ring (bicyclic) bond motifs is 3. The predicted octanol–water partition coefficient (Wildman–Crippen LogP) is 3.85. The van der Waals surface area contributed by atoms with Crippen LogP contribution in [0.5, 0.6) is 0 Å². The summed E-state index contributed by atoms with van der Waals surface area (Å²) in [5, 5.41) is 11.1. The lowest BCUT2D eigenvalue weighted by molar-refractivity contribution is -0.160. The van der Waals surface area contributed by atoms with Crippen molar-refractivity contribution >= 4 is 30.8 Å². The Morgan fingerprint density at radius 3 is 2.21 bits per heavy atom. The molecule has 1 saturated heterocycles. The average molecular weight is 653 g/mol. The van der Waals surface area contributed by atoms with Gasteiger partial charge >= 0.3 is 18.2 Å². The molecule has 0 radical (unpaired) electrons. The topological polar surface area (TPSA) is 183 Å². The number of ether oxygens (including phenoxy) is 1. The maximum atomic E-state index is 13.2. The second-order valence-electron chi connectivity index (χ2n) is 14.4. The molecular weight excluding hydrogens is 603 g/mol. The molecule has 4 rings (SSSR count). The summed E-state index contributed by atoms with van der Waals surface area (Å²) < 4.78 is 67.1. The number of rotatable bonds is 10. The van der Waals surface area contributed by atoms with Gasteiger partial charge < -0.3 is 24.3 Å². The van der Waals surface area contributed by atoms with Crippen LogP contribution in [0.3, 0.4) is 0 Å². The van der Waals surface area contributed by atoms with E-state index in [-0.39, 0.29) is 36.7 Å². The van der Waals surface area contributed by atoms with Gasteiger partial charge in [-0.1, -0.05) is 41.5 Å². The molecule has 3 saturated carbocycles. The van der Waals surface area contributed by atoms with Crippen LogP contribution >= 0.6 is 7.82 Å². The average Bonchev–Trinajstić information content (AvgIpc) is 3.16. The van der Waals surface area contributed by atoms with E-state index >= 15 is 0 Å². The van der Waals surface area contributed by atoms with E-state index < -0.39 is 77.1 Å². The van der Waals surface area contributed by atoms with Crippen molar-refractivity contribution in [1.82, 2.24) is 0 Å². The zero-order chi connectivity index (χ0) is 32.3. The number of hydrogen-bond acceptors (Lipinski definition) is 10. The summed E-state index contributed by atoms with van der Waals surface area (Å²) in [7, 11) is -8.30. The minimum Gasteiger partial charge on any atom is -0.390 e. The minimum atomic E-state index is -4.87. The Morgan fingerprint density at radius 2 is 1.67 bits per heavy atom. The lowest BCUT2D eigenvalue weighted by Crippen LogP contribution is -2.57. The van der Waals surface area contributed by atoms with Crippen molar-refractivity contribution in [2.24, 2.45) is 58.2 Å². The zero-order valence-electron chi connectivity index (χ0n) is 26.1. The highest BCUT2D eigenvalue weighted by molar-refractivity contribution is 7.80. The van der Waals surface area contributed by atoms with E-state index in [9.17, 15) is 37.1 Å². The zero-order valence-corrected chi connectivity index (χ0v) is 27.8. The lowest BCUT2D eigenvalue weighted by Gasteiger charge is -2.57. The number of carbonyl (C=O) groups is 2. The molecule has 248 valence electrons. The Hall–Kier alpha value is -0.760. The third-order valence-corrected chi connectivity index (χ3v) is 13.4. The summed E-state index contributed by atoms with van der Waals surface area (Å²) in [5.41, 5.74) is -1.45. The summed E-state index contributed by atoms with van der Waals surface area (Å²) in [6.07, 6.45) is -0.846. The summed E-state index contributed by atoms with van der Waals surface area (Å²) in [6.45, 7) is 12.5. The first-order chi connectivity index (χ1) is 19.8. The second kappa shape index (κ2) is 12.4. The van der Waals surface area contributed by atoms with Crippen molar-refractivity contribution in [2.75, 3.05) is 7.11 Å². The lowest BCUT2D eigenvalue weighted by atomic mass is 9.48. The van der Waals surface area contributed by atoms with Crippen LogP contribution in [0.25, 0.3) is 0 Å². The Bertz CT molecular complexity index is 1200. The number of aliphatic hydroxyl groups excluding tert-OH is 1. The molecule has 0 aromatic carbocycles. The molecule has 4 aliphatic rings. The molecule has 0 amide bonds. The third kappa shape index (κ3) is 6.32. The molecule has 0 aromatic rings. The van der Waals surface area contributed by atoms with E-state index in [0.29, 0.717) is 25.0 Å². The molecule has 0 aromatic heterocycles.